The fourth-order valence-electron chi connectivity index (χ4n) is 3.81. The lowest BCUT2D eigenvalue weighted by Gasteiger charge is -2.21. The van der Waals surface area contributed by atoms with E-state index in [1.807, 2.05) is 6.07 Å². The molecular formula is C23H29N3O4. The Morgan fingerprint density at radius 3 is 2.60 bits per heavy atom. The maximum atomic E-state index is 12.8. The molecule has 2 fully saturated rings. The molecule has 2 amide bonds. The maximum Gasteiger partial charge on any atom is 0.238 e. The number of benzene rings is 1. The van der Waals surface area contributed by atoms with Crippen LogP contribution in [0.25, 0.3) is 0 Å². The van der Waals surface area contributed by atoms with Crippen molar-refractivity contribution >= 4 is 23.2 Å². The van der Waals surface area contributed by atoms with Gasteiger partial charge in [-0.05, 0) is 55.5 Å². The zero-order valence-corrected chi connectivity index (χ0v) is 17.7. The van der Waals surface area contributed by atoms with Crippen LogP contribution in [0.1, 0.15) is 50.5 Å². The zero-order chi connectivity index (χ0) is 21.3. The molecule has 2 N–H and O–H groups in total. The van der Waals surface area contributed by atoms with E-state index >= 15 is 0 Å². The Bertz CT molecular complexity index is 934. The number of carbonyl (C=O) groups excluding carboxylic acids is 2. The lowest BCUT2D eigenvalue weighted by Crippen LogP contribution is -2.34. The molecule has 2 atom stereocenters. The minimum absolute atomic E-state index is 0.122. The first-order chi connectivity index (χ1) is 14.4. The highest BCUT2D eigenvalue weighted by atomic mass is 16.5. The van der Waals surface area contributed by atoms with Gasteiger partial charge in [-0.2, -0.15) is 0 Å². The van der Waals surface area contributed by atoms with E-state index in [0.29, 0.717) is 41.5 Å². The van der Waals surface area contributed by atoms with Crippen LogP contribution in [0, 0.1) is 5.92 Å². The van der Waals surface area contributed by atoms with Gasteiger partial charge in [-0.15, -0.1) is 0 Å². The number of ether oxygens (including phenoxy) is 1. The summed E-state index contributed by atoms with van der Waals surface area (Å²) in [6, 6.07) is 9.69. The van der Waals surface area contributed by atoms with Gasteiger partial charge in [0.25, 0.3) is 0 Å². The van der Waals surface area contributed by atoms with E-state index in [0.717, 1.165) is 24.4 Å². The second kappa shape index (κ2) is 8.52. The number of nitrogens with one attached hydrogen (secondary N) is 2. The van der Waals surface area contributed by atoms with Crippen molar-refractivity contribution in [2.45, 2.75) is 51.6 Å². The summed E-state index contributed by atoms with van der Waals surface area (Å²) in [4.78, 5) is 26.3. The molecule has 1 aromatic heterocycles. The van der Waals surface area contributed by atoms with E-state index in [-0.39, 0.29) is 18.4 Å². The van der Waals surface area contributed by atoms with E-state index in [1.54, 1.807) is 25.3 Å². The number of amides is 2. The molecule has 2 unspecified atom stereocenters. The molecule has 1 heterocycles. The summed E-state index contributed by atoms with van der Waals surface area (Å²) in [6.07, 6.45) is 3.39. The molecule has 2 aliphatic carbocycles. The topological polar surface area (TPSA) is 83.8 Å². The molecule has 0 spiro atoms. The third kappa shape index (κ3) is 5.02. The molecule has 7 nitrogen and oxygen atoms in total. The van der Waals surface area contributed by atoms with Crippen molar-refractivity contribution in [2.75, 3.05) is 24.3 Å². The van der Waals surface area contributed by atoms with Crippen molar-refractivity contribution < 1.29 is 18.7 Å². The Hall–Kier alpha value is -2.80. The minimum Gasteiger partial charge on any atom is -0.495 e. The first kappa shape index (κ1) is 20.5. The van der Waals surface area contributed by atoms with E-state index in [2.05, 4.69) is 28.5 Å². The number of rotatable bonds is 9. The zero-order valence-electron chi connectivity index (χ0n) is 17.7. The summed E-state index contributed by atoms with van der Waals surface area (Å²) >= 11 is 0. The van der Waals surface area contributed by atoms with Crippen molar-refractivity contribution in [2.24, 2.45) is 5.92 Å². The van der Waals surface area contributed by atoms with Gasteiger partial charge in [-0.25, -0.2) is 0 Å². The Morgan fingerprint density at radius 1 is 1.20 bits per heavy atom. The maximum absolute atomic E-state index is 12.8. The Kier molecular flexibility index (Phi) is 5.81. The molecule has 0 radical (unpaired) electrons. The van der Waals surface area contributed by atoms with Gasteiger partial charge in [0.05, 0.1) is 25.9 Å². The van der Waals surface area contributed by atoms with Crippen molar-refractivity contribution in [1.82, 2.24) is 4.90 Å². The van der Waals surface area contributed by atoms with Crippen LogP contribution >= 0.6 is 0 Å². The van der Waals surface area contributed by atoms with E-state index in [4.69, 9.17) is 9.15 Å². The Morgan fingerprint density at radius 2 is 1.97 bits per heavy atom. The number of methoxy groups -OCH3 is 1. The molecule has 1 aromatic carbocycles. The number of nitrogens with zero attached hydrogens (tertiary/aromatic N) is 1. The standard InChI is InChI=1S/C23H29N3O4/c1-14-10-19(14)21-9-7-18(30-21)12-26(17-5-6-17)13-23(28)25-20-11-16(24-15(2)27)4-8-22(20)29-3/h4,7-9,11,14,17,19H,5-6,10,12-13H2,1-3H3,(H,24,27)(H,25,28). The second-order valence-corrected chi connectivity index (χ2v) is 8.40. The third-order valence-electron chi connectivity index (χ3n) is 5.72. The molecule has 0 bridgehead atoms. The van der Waals surface area contributed by atoms with Crippen LogP contribution in [-0.4, -0.2) is 36.4 Å². The summed E-state index contributed by atoms with van der Waals surface area (Å²) in [5.41, 5.74) is 1.14. The summed E-state index contributed by atoms with van der Waals surface area (Å²) in [6.45, 7) is 4.58. The molecule has 2 saturated carbocycles. The summed E-state index contributed by atoms with van der Waals surface area (Å²) in [7, 11) is 1.55. The van der Waals surface area contributed by atoms with Gasteiger partial charge in [0, 0.05) is 24.6 Å². The molecule has 7 heteroatoms. The highest BCUT2D eigenvalue weighted by molar-refractivity contribution is 5.95. The number of hydrogen-bond donors (Lipinski definition) is 2. The lowest BCUT2D eigenvalue weighted by molar-refractivity contribution is -0.117. The van der Waals surface area contributed by atoms with Crippen LogP contribution in [0.3, 0.4) is 0 Å². The number of anilines is 2. The summed E-state index contributed by atoms with van der Waals surface area (Å²) in [5, 5.41) is 5.65. The van der Waals surface area contributed by atoms with Gasteiger partial charge in [0.1, 0.15) is 17.3 Å². The molecule has 2 aliphatic rings. The van der Waals surface area contributed by atoms with Crippen molar-refractivity contribution in [3.05, 3.63) is 41.9 Å². The molecule has 4 rings (SSSR count). The third-order valence-corrected chi connectivity index (χ3v) is 5.72. The van der Waals surface area contributed by atoms with Crippen LogP contribution in [0.4, 0.5) is 11.4 Å². The molecule has 160 valence electrons. The van der Waals surface area contributed by atoms with Gasteiger partial charge in [-0.3, -0.25) is 14.5 Å². The average Bonchev–Trinajstić information content (AvgIpc) is 3.61. The fraction of sp³-hybridized carbons (Fsp3) is 0.478. The largest absolute Gasteiger partial charge is 0.495 e. The van der Waals surface area contributed by atoms with Gasteiger partial charge < -0.3 is 19.8 Å². The second-order valence-electron chi connectivity index (χ2n) is 8.40. The monoisotopic (exact) mass is 411 g/mol. The lowest BCUT2D eigenvalue weighted by atomic mass is 10.2. The van der Waals surface area contributed by atoms with Crippen LogP contribution in [0.5, 0.6) is 5.75 Å². The minimum atomic E-state index is -0.171. The predicted octanol–water partition coefficient (Wildman–Crippen LogP) is 3.97. The summed E-state index contributed by atoms with van der Waals surface area (Å²) < 4.78 is 11.4. The van der Waals surface area contributed by atoms with E-state index < -0.39 is 0 Å². The fourth-order valence-corrected chi connectivity index (χ4v) is 3.81. The molecular weight excluding hydrogens is 382 g/mol. The van der Waals surface area contributed by atoms with E-state index in [9.17, 15) is 9.59 Å². The van der Waals surface area contributed by atoms with Gasteiger partial charge >= 0.3 is 0 Å². The van der Waals surface area contributed by atoms with Gasteiger partial charge in [0.2, 0.25) is 11.8 Å². The predicted molar refractivity (Wildman–Crippen MR) is 115 cm³/mol. The highest BCUT2D eigenvalue weighted by Gasteiger charge is 2.37. The van der Waals surface area contributed by atoms with Crippen LogP contribution in [0.2, 0.25) is 0 Å². The quantitative estimate of drug-likeness (QED) is 0.652. The Balaban J connectivity index is 1.40. The van der Waals surface area contributed by atoms with Crippen molar-refractivity contribution in [3.63, 3.8) is 0 Å². The smallest absolute Gasteiger partial charge is 0.238 e. The Labute approximate surface area is 176 Å². The molecule has 0 saturated heterocycles. The number of carbonyl (C=O) groups is 2. The highest BCUT2D eigenvalue weighted by Crippen LogP contribution is 2.47. The number of furan rings is 1. The SMILES string of the molecule is COc1ccc(NC(C)=O)cc1NC(=O)CN(Cc1ccc(C2CC2C)o1)C1CC1. The summed E-state index contributed by atoms with van der Waals surface area (Å²) in [5.74, 6) is 3.49. The van der Waals surface area contributed by atoms with E-state index in [1.165, 1.54) is 13.3 Å². The first-order valence-corrected chi connectivity index (χ1v) is 10.5. The van der Waals surface area contributed by atoms with Gasteiger partial charge in [-0.1, -0.05) is 6.92 Å². The van der Waals surface area contributed by atoms with Crippen molar-refractivity contribution in [1.29, 1.82) is 0 Å². The molecule has 2 aromatic rings. The molecule has 0 aliphatic heterocycles. The average molecular weight is 412 g/mol. The molecule has 30 heavy (non-hydrogen) atoms. The van der Waals surface area contributed by atoms with Crippen molar-refractivity contribution in [3.8, 4) is 5.75 Å². The first-order valence-electron chi connectivity index (χ1n) is 10.5. The normalized spacial score (nSPS) is 20.1. The van der Waals surface area contributed by atoms with Crippen LogP contribution < -0.4 is 15.4 Å². The van der Waals surface area contributed by atoms with Crippen LogP contribution in [-0.2, 0) is 16.1 Å². The van der Waals surface area contributed by atoms with Gasteiger partial charge in [0.15, 0.2) is 0 Å². The number of hydrogen-bond acceptors (Lipinski definition) is 5. The van der Waals surface area contributed by atoms with Crippen LogP contribution in [0.15, 0.2) is 34.7 Å².